The average Bonchev–Trinajstić information content (AvgIpc) is 2.93. The summed E-state index contributed by atoms with van der Waals surface area (Å²) in [5.74, 6) is 0.151. The molecule has 2 aliphatic heterocycles. The van der Waals surface area contributed by atoms with Crippen LogP contribution in [0.15, 0.2) is 24.3 Å². The maximum atomic E-state index is 13.2. The standard InChI is InChI=1S/C25H39F3N2O3Si/c1-23(2,3)33-22(31)30-20-13-17(21(30)16-32-34(7,8)24(4,5)6)14-29(15-20)19-11-9-18(10-12-19)25(26,27)28/h9-12,17,20-21H,13-16H2,1-8H3/t17-,20+,21-/m0/s1. The SMILES string of the molecule is CC(C)(C)OC(=O)N1[C@@H]2C[C@@H](CN(c3ccc(C(F)(F)F)cc3)C2)[C@@H]1CO[Si](C)(C)C(C)(C)C. The summed E-state index contributed by atoms with van der Waals surface area (Å²) in [5, 5.41) is 0.0453. The van der Waals surface area contributed by atoms with E-state index in [9.17, 15) is 18.0 Å². The molecule has 0 spiro atoms. The van der Waals surface area contributed by atoms with Crippen molar-refractivity contribution < 1.29 is 27.1 Å². The molecule has 0 aromatic heterocycles. The van der Waals surface area contributed by atoms with Gasteiger partial charge in [-0.2, -0.15) is 13.2 Å². The van der Waals surface area contributed by atoms with E-state index in [1.807, 2.05) is 25.7 Å². The van der Waals surface area contributed by atoms with Gasteiger partial charge in [0, 0.05) is 24.7 Å². The van der Waals surface area contributed by atoms with Crippen molar-refractivity contribution in [1.82, 2.24) is 4.90 Å². The van der Waals surface area contributed by atoms with Crippen molar-refractivity contribution in [3.8, 4) is 0 Å². The number of fused-ring (bicyclic) bond motifs is 2. The number of hydrogen-bond donors (Lipinski definition) is 0. The fourth-order valence-corrected chi connectivity index (χ4v) is 5.51. The molecule has 3 rings (SSSR count). The molecule has 9 heteroatoms. The van der Waals surface area contributed by atoms with Crippen LogP contribution < -0.4 is 4.90 Å². The van der Waals surface area contributed by atoms with Gasteiger partial charge < -0.3 is 14.1 Å². The summed E-state index contributed by atoms with van der Waals surface area (Å²) in [7, 11) is -2.03. The Kier molecular flexibility index (Phi) is 7.14. The van der Waals surface area contributed by atoms with E-state index in [1.54, 1.807) is 0 Å². The smallest absolute Gasteiger partial charge is 0.416 e. The Morgan fingerprint density at radius 1 is 1.03 bits per heavy atom. The number of halogens is 3. The second-order valence-corrected chi connectivity index (χ2v) is 16.9. The zero-order valence-electron chi connectivity index (χ0n) is 21.6. The van der Waals surface area contributed by atoms with Crippen LogP contribution >= 0.6 is 0 Å². The molecule has 0 N–H and O–H groups in total. The van der Waals surface area contributed by atoms with E-state index in [1.165, 1.54) is 12.1 Å². The first-order valence-corrected chi connectivity index (χ1v) is 14.9. The monoisotopic (exact) mass is 500 g/mol. The Balaban J connectivity index is 1.84. The van der Waals surface area contributed by atoms with E-state index in [0.29, 0.717) is 19.7 Å². The van der Waals surface area contributed by atoms with Gasteiger partial charge in [-0.1, -0.05) is 20.8 Å². The number of rotatable bonds is 4. The molecule has 0 aliphatic carbocycles. The molecular formula is C25H39F3N2O3Si. The summed E-state index contributed by atoms with van der Waals surface area (Å²) in [5.41, 5.74) is -0.545. The highest BCUT2D eigenvalue weighted by atomic mass is 28.4. The Bertz CT molecular complexity index is 875. The third kappa shape index (κ3) is 5.90. The minimum atomic E-state index is -4.36. The molecule has 2 fully saturated rings. The van der Waals surface area contributed by atoms with Gasteiger partial charge in [0.1, 0.15) is 5.60 Å². The topological polar surface area (TPSA) is 42.0 Å². The van der Waals surface area contributed by atoms with Crippen LogP contribution in [0.2, 0.25) is 18.1 Å². The maximum Gasteiger partial charge on any atom is 0.416 e. The molecule has 192 valence electrons. The van der Waals surface area contributed by atoms with Crippen molar-refractivity contribution in [3.05, 3.63) is 29.8 Å². The zero-order chi connectivity index (χ0) is 25.7. The minimum absolute atomic E-state index is 0.0453. The van der Waals surface area contributed by atoms with Crippen molar-refractivity contribution in [2.45, 2.75) is 90.0 Å². The Labute approximate surface area is 202 Å². The van der Waals surface area contributed by atoms with Crippen LogP contribution in [0.5, 0.6) is 0 Å². The summed E-state index contributed by atoms with van der Waals surface area (Å²) in [4.78, 5) is 17.2. The predicted octanol–water partition coefficient (Wildman–Crippen LogP) is 6.54. The number of anilines is 1. The van der Waals surface area contributed by atoms with Gasteiger partial charge in [0.05, 0.1) is 24.3 Å². The highest BCUT2D eigenvalue weighted by molar-refractivity contribution is 6.74. The van der Waals surface area contributed by atoms with Crippen molar-refractivity contribution in [3.63, 3.8) is 0 Å². The Morgan fingerprint density at radius 3 is 2.12 bits per heavy atom. The van der Waals surface area contributed by atoms with Crippen molar-refractivity contribution in [2.75, 3.05) is 24.6 Å². The third-order valence-corrected chi connectivity index (χ3v) is 11.8. The first-order valence-electron chi connectivity index (χ1n) is 12.0. The fourth-order valence-electron chi connectivity index (χ4n) is 4.49. The number of ether oxygens (including phenoxy) is 1. The highest BCUT2D eigenvalue weighted by Crippen LogP contribution is 2.41. The van der Waals surface area contributed by atoms with E-state index in [4.69, 9.17) is 9.16 Å². The molecule has 0 radical (unpaired) electrons. The summed E-state index contributed by atoms with van der Waals surface area (Å²) in [6, 6.07) is 5.07. The van der Waals surface area contributed by atoms with Crippen LogP contribution in [0.4, 0.5) is 23.7 Å². The molecule has 5 nitrogen and oxygen atoms in total. The van der Waals surface area contributed by atoms with E-state index in [2.05, 4.69) is 38.8 Å². The van der Waals surface area contributed by atoms with Crippen LogP contribution in [0.25, 0.3) is 0 Å². The number of alkyl halides is 3. The highest BCUT2D eigenvalue weighted by Gasteiger charge is 2.50. The number of likely N-dealkylation sites (tertiary alicyclic amines) is 1. The quantitative estimate of drug-likeness (QED) is 0.440. The molecule has 1 amide bonds. The third-order valence-electron chi connectivity index (χ3n) is 7.34. The van der Waals surface area contributed by atoms with Crippen molar-refractivity contribution in [1.29, 1.82) is 0 Å². The minimum Gasteiger partial charge on any atom is -0.444 e. The predicted molar refractivity (Wildman–Crippen MR) is 131 cm³/mol. The van der Waals surface area contributed by atoms with Crippen LogP contribution in [0.3, 0.4) is 0 Å². The number of piperidine rings is 1. The van der Waals surface area contributed by atoms with E-state index < -0.39 is 25.7 Å². The van der Waals surface area contributed by atoms with Gasteiger partial charge in [-0.3, -0.25) is 4.90 Å². The van der Waals surface area contributed by atoms with Crippen LogP contribution in [0, 0.1) is 5.92 Å². The van der Waals surface area contributed by atoms with Crippen molar-refractivity contribution in [2.24, 2.45) is 5.92 Å². The van der Waals surface area contributed by atoms with Crippen LogP contribution in [-0.4, -0.2) is 56.7 Å². The van der Waals surface area contributed by atoms with Gasteiger partial charge in [0.15, 0.2) is 8.32 Å². The first-order chi connectivity index (χ1) is 15.4. The number of benzene rings is 1. The second-order valence-electron chi connectivity index (χ2n) is 12.1. The Hall–Kier alpha value is -1.74. The normalized spacial score (nSPS) is 23.9. The van der Waals surface area contributed by atoms with Gasteiger partial charge in [-0.15, -0.1) is 0 Å². The molecule has 2 heterocycles. The lowest BCUT2D eigenvalue weighted by Crippen LogP contribution is -2.50. The molecule has 1 aromatic carbocycles. The number of carbonyl (C=O) groups excluding carboxylic acids is 1. The molecule has 0 saturated carbocycles. The summed E-state index contributed by atoms with van der Waals surface area (Å²) < 4.78 is 51.3. The lowest BCUT2D eigenvalue weighted by atomic mass is 9.94. The average molecular weight is 501 g/mol. The summed E-state index contributed by atoms with van der Waals surface area (Å²) in [6.45, 7) is 18.1. The number of hydrogen-bond acceptors (Lipinski definition) is 4. The molecule has 3 atom stereocenters. The van der Waals surface area contributed by atoms with Gasteiger partial charge in [-0.05, 0) is 69.6 Å². The van der Waals surface area contributed by atoms with Gasteiger partial charge >= 0.3 is 12.3 Å². The maximum absolute atomic E-state index is 13.2. The number of amides is 1. The van der Waals surface area contributed by atoms with Gasteiger partial charge in [0.2, 0.25) is 0 Å². The molecule has 2 saturated heterocycles. The van der Waals surface area contributed by atoms with Gasteiger partial charge in [0.25, 0.3) is 0 Å². The fraction of sp³-hybridized carbons (Fsp3) is 0.720. The molecule has 2 aliphatic rings. The Morgan fingerprint density at radius 2 is 1.62 bits per heavy atom. The van der Waals surface area contributed by atoms with Crippen molar-refractivity contribution >= 4 is 20.1 Å². The lowest BCUT2D eigenvalue weighted by molar-refractivity contribution is -0.137. The van der Waals surface area contributed by atoms with E-state index in [0.717, 1.165) is 24.2 Å². The van der Waals surface area contributed by atoms with Crippen LogP contribution in [0.1, 0.15) is 53.5 Å². The lowest BCUT2D eigenvalue weighted by Gasteiger charge is -2.39. The first kappa shape index (κ1) is 26.9. The van der Waals surface area contributed by atoms with E-state index >= 15 is 0 Å². The second kappa shape index (κ2) is 9.04. The molecular weight excluding hydrogens is 461 g/mol. The molecule has 1 aromatic rings. The van der Waals surface area contributed by atoms with Crippen LogP contribution in [-0.2, 0) is 15.3 Å². The zero-order valence-corrected chi connectivity index (χ0v) is 22.6. The van der Waals surface area contributed by atoms with Gasteiger partial charge in [-0.25, -0.2) is 4.79 Å². The molecule has 34 heavy (non-hydrogen) atoms. The van der Waals surface area contributed by atoms with E-state index in [-0.39, 0.29) is 29.1 Å². The summed E-state index contributed by atoms with van der Waals surface area (Å²) >= 11 is 0. The number of nitrogens with zero attached hydrogens (tertiary/aromatic N) is 2. The number of carbonyl (C=O) groups is 1. The molecule has 2 bridgehead atoms. The molecule has 0 unspecified atom stereocenters. The largest absolute Gasteiger partial charge is 0.444 e. The summed E-state index contributed by atoms with van der Waals surface area (Å²) in [6.07, 6.45) is -3.88.